The Kier molecular flexibility index (Phi) is 5.43. The lowest BCUT2D eigenvalue weighted by Gasteiger charge is -2.37. The molecule has 1 aromatic heterocycles. The van der Waals surface area contributed by atoms with Crippen LogP contribution in [0.25, 0.3) is 0 Å². The highest BCUT2D eigenvalue weighted by molar-refractivity contribution is 5.96. The molecular weight excluding hydrogens is 334 g/mol. The van der Waals surface area contributed by atoms with Crippen LogP contribution in [0.1, 0.15) is 6.92 Å². The molecule has 1 saturated heterocycles. The molecule has 1 aromatic carbocycles. The predicted octanol–water partition coefficient (Wildman–Crippen LogP) is 2.14. The van der Waals surface area contributed by atoms with Crippen LogP contribution in [0.5, 0.6) is 0 Å². The van der Waals surface area contributed by atoms with E-state index in [1.54, 1.807) is 24.4 Å². The van der Waals surface area contributed by atoms with E-state index in [2.05, 4.69) is 20.1 Å². The van der Waals surface area contributed by atoms with Gasteiger partial charge in [-0.2, -0.15) is 0 Å². The minimum atomic E-state index is -0.494. The number of nitrogens with one attached hydrogen (secondary N) is 1. The van der Waals surface area contributed by atoms with Crippen molar-refractivity contribution in [3.63, 3.8) is 0 Å². The van der Waals surface area contributed by atoms with Crippen LogP contribution in [0.2, 0.25) is 0 Å². The van der Waals surface area contributed by atoms with E-state index < -0.39 is 4.92 Å². The molecule has 0 bridgehead atoms. The molecule has 2 aromatic rings. The molecule has 8 nitrogen and oxygen atoms in total. The van der Waals surface area contributed by atoms with Crippen molar-refractivity contribution in [3.8, 4) is 0 Å². The number of carbonyl (C=O) groups excluding carboxylic acids is 1. The molecule has 0 saturated carbocycles. The first-order chi connectivity index (χ1) is 12.6. The number of nitro benzene ring substituents is 1. The van der Waals surface area contributed by atoms with Gasteiger partial charge in [0.05, 0.1) is 11.0 Å². The standard InChI is InChI=1S/C18H21N5O3/c1-14(18(24)20-15-6-2-3-7-16(15)23(25)26)21-10-12-22(13-11-21)17-8-4-5-9-19-17/h2-9,14H,10-13H2,1H3,(H,20,24)/t14-/m1/s1. The van der Waals surface area contributed by atoms with E-state index in [1.807, 2.05) is 25.1 Å². The number of aromatic nitrogens is 1. The molecule has 0 radical (unpaired) electrons. The summed E-state index contributed by atoms with van der Waals surface area (Å²) in [6, 6.07) is 11.6. The molecule has 1 aliphatic rings. The zero-order valence-electron chi connectivity index (χ0n) is 14.5. The van der Waals surface area contributed by atoms with Crippen molar-refractivity contribution in [2.75, 3.05) is 36.4 Å². The molecule has 0 unspecified atom stereocenters. The number of benzene rings is 1. The van der Waals surface area contributed by atoms with Crippen LogP contribution in [0.3, 0.4) is 0 Å². The van der Waals surface area contributed by atoms with Gasteiger partial charge in [0.15, 0.2) is 0 Å². The van der Waals surface area contributed by atoms with Gasteiger partial charge in [0.2, 0.25) is 5.91 Å². The number of nitro groups is 1. The number of amides is 1. The van der Waals surface area contributed by atoms with Crippen LogP contribution in [0, 0.1) is 10.1 Å². The van der Waals surface area contributed by atoms with Gasteiger partial charge in [-0.1, -0.05) is 18.2 Å². The van der Waals surface area contributed by atoms with Gasteiger partial charge in [0.1, 0.15) is 11.5 Å². The molecule has 1 aliphatic heterocycles. The number of carbonyl (C=O) groups is 1. The summed E-state index contributed by atoms with van der Waals surface area (Å²) in [6.07, 6.45) is 1.77. The molecule has 1 atom stereocenters. The normalized spacial score (nSPS) is 16.1. The number of pyridine rings is 1. The second-order valence-corrected chi connectivity index (χ2v) is 6.15. The second kappa shape index (κ2) is 7.92. The molecular formula is C18H21N5O3. The van der Waals surface area contributed by atoms with Gasteiger partial charge in [0, 0.05) is 38.4 Å². The van der Waals surface area contributed by atoms with Gasteiger partial charge < -0.3 is 10.2 Å². The summed E-state index contributed by atoms with van der Waals surface area (Å²) >= 11 is 0. The summed E-state index contributed by atoms with van der Waals surface area (Å²) in [5, 5.41) is 13.8. The third kappa shape index (κ3) is 3.97. The fraction of sp³-hybridized carbons (Fsp3) is 0.333. The summed E-state index contributed by atoms with van der Waals surface area (Å²) in [7, 11) is 0. The molecule has 1 N–H and O–H groups in total. The topological polar surface area (TPSA) is 91.6 Å². The number of nitrogens with zero attached hydrogens (tertiary/aromatic N) is 4. The third-order valence-electron chi connectivity index (χ3n) is 4.57. The second-order valence-electron chi connectivity index (χ2n) is 6.15. The lowest BCUT2D eigenvalue weighted by atomic mass is 10.2. The number of hydrogen-bond donors (Lipinski definition) is 1. The van der Waals surface area contributed by atoms with E-state index in [4.69, 9.17) is 0 Å². The zero-order valence-corrected chi connectivity index (χ0v) is 14.5. The SMILES string of the molecule is C[C@H](C(=O)Nc1ccccc1[N+](=O)[O-])N1CCN(c2ccccn2)CC1. The summed E-state index contributed by atoms with van der Waals surface area (Å²) < 4.78 is 0. The van der Waals surface area contributed by atoms with Gasteiger partial charge in [-0.3, -0.25) is 19.8 Å². The van der Waals surface area contributed by atoms with Crippen LogP contribution in [0.15, 0.2) is 48.7 Å². The minimum Gasteiger partial charge on any atom is -0.354 e. The smallest absolute Gasteiger partial charge is 0.292 e. The van der Waals surface area contributed by atoms with E-state index in [0.717, 1.165) is 32.0 Å². The maximum absolute atomic E-state index is 12.5. The number of hydrogen-bond acceptors (Lipinski definition) is 6. The largest absolute Gasteiger partial charge is 0.354 e. The Hall–Kier alpha value is -3.00. The Balaban J connectivity index is 1.59. The van der Waals surface area contributed by atoms with E-state index in [9.17, 15) is 14.9 Å². The maximum atomic E-state index is 12.5. The molecule has 3 rings (SSSR count). The van der Waals surface area contributed by atoms with E-state index in [0.29, 0.717) is 0 Å². The van der Waals surface area contributed by atoms with Crippen molar-refractivity contribution in [1.29, 1.82) is 0 Å². The molecule has 8 heteroatoms. The van der Waals surface area contributed by atoms with Gasteiger partial charge in [-0.25, -0.2) is 4.98 Å². The first-order valence-corrected chi connectivity index (χ1v) is 8.50. The van der Waals surface area contributed by atoms with Gasteiger partial charge in [-0.15, -0.1) is 0 Å². The van der Waals surface area contributed by atoms with Crippen LogP contribution < -0.4 is 10.2 Å². The van der Waals surface area contributed by atoms with Crippen molar-refractivity contribution >= 4 is 23.1 Å². The van der Waals surface area contributed by atoms with Gasteiger partial charge in [-0.05, 0) is 25.1 Å². The monoisotopic (exact) mass is 355 g/mol. The Morgan fingerprint density at radius 3 is 2.50 bits per heavy atom. The van der Waals surface area contributed by atoms with E-state index in [-0.39, 0.29) is 23.3 Å². The lowest BCUT2D eigenvalue weighted by molar-refractivity contribution is -0.383. The molecule has 0 aliphatic carbocycles. The maximum Gasteiger partial charge on any atom is 0.292 e. The van der Waals surface area contributed by atoms with Crippen LogP contribution in [-0.2, 0) is 4.79 Å². The summed E-state index contributed by atoms with van der Waals surface area (Å²) in [4.78, 5) is 31.7. The molecule has 1 amide bonds. The highest BCUT2D eigenvalue weighted by Gasteiger charge is 2.27. The van der Waals surface area contributed by atoms with Crippen molar-refractivity contribution < 1.29 is 9.72 Å². The number of rotatable bonds is 5. The average Bonchev–Trinajstić information content (AvgIpc) is 2.68. The molecule has 0 spiro atoms. The predicted molar refractivity (Wildman–Crippen MR) is 99.2 cm³/mol. The fourth-order valence-corrected chi connectivity index (χ4v) is 3.02. The first-order valence-electron chi connectivity index (χ1n) is 8.50. The molecule has 136 valence electrons. The van der Waals surface area contributed by atoms with Gasteiger partial charge in [0.25, 0.3) is 5.69 Å². The van der Waals surface area contributed by atoms with E-state index >= 15 is 0 Å². The quantitative estimate of drug-likeness (QED) is 0.653. The van der Waals surface area contributed by atoms with Crippen molar-refractivity contribution in [2.45, 2.75) is 13.0 Å². The minimum absolute atomic E-state index is 0.104. The average molecular weight is 355 g/mol. The van der Waals surface area contributed by atoms with Crippen molar-refractivity contribution in [2.24, 2.45) is 0 Å². The highest BCUT2D eigenvalue weighted by Crippen LogP contribution is 2.24. The van der Waals surface area contributed by atoms with Crippen LogP contribution >= 0.6 is 0 Å². The summed E-state index contributed by atoms with van der Waals surface area (Å²) in [5.41, 5.74) is 0.120. The first kappa shape index (κ1) is 17.8. The Labute approximate surface area is 151 Å². The zero-order chi connectivity index (χ0) is 18.5. The number of piperazine rings is 1. The molecule has 26 heavy (non-hydrogen) atoms. The summed E-state index contributed by atoms with van der Waals surface area (Å²) in [6.45, 7) is 4.82. The summed E-state index contributed by atoms with van der Waals surface area (Å²) in [5.74, 6) is 0.690. The Morgan fingerprint density at radius 1 is 1.15 bits per heavy atom. The Bertz CT molecular complexity index is 775. The lowest BCUT2D eigenvalue weighted by Crippen LogP contribution is -2.53. The van der Waals surface area contributed by atoms with Crippen LogP contribution in [-0.4, -0.2) is 52.9 Å². The highest BCUT2D eigenvalue weighted by atomic mass is 16.6. The van der Waals surface area contributed by atoms with Gasteiger partial charge >= 0.3 is 0 Å². The third-order valence-corrected chi connectivity index (χ3v) is 4.57. The molecule has 2 heterocycles. The molecule has 1 fully saturated rings. The number of para-hydroxylation sites is 2. The van der Waals surface area contributed by atoms with Crippen molar-refractivity contribution in [1.82, 2.24) is 9.88 Å². The fourth-order valence-electron chi connectivity index (χ4n) is 3.02. The Morgan fingerprint density at radius 2 is 1.85 bits per heavy atom. The number of anilines is 2. The van der Waals surface area contributed by atoms with E-state index in [1.165, 1.54) is 6.07 Å². The van der Waals surface area contributed by atoms with Crippen molar-refractivity contribution in [3.05, 3.63) is 58.8 Å². The van der Waals surface area contributed by atoms with Crippen LogP contribution in [0.4, 0.5) is 17.2 Å².